The van der Waals surface area contributed by atoms with E-state index in [1.165, 1.54) is 11.0 Å². The predicted molar refractivity (Wildman–Crippen MR) is 133 cm³/mol. The van der Waals surface area contributed by atoms with Crippen molar-refractivity contribution in [3.63, 3.8) is 0 Å². The fourth-order valence-electron chi connectivity index (χ4n) is 3.77. The van der Waals surface area contributed by atoms with Gasteiger partial charge in [0.25, 0.3) is 5.69 Å². The lowest BCUT2D eigenvalue weighted by Crippen LogP contribution is -2.40. The Labute approximate surface area is 202 Å². The Morgan fingerprint density at radius 3 is 2.43 bits per heavy atom. The second-order valence-corrected chi connectivity index (χ2v) is 7.91. The molecule has 0 bridgehead atoms. The number of unbranched alkanes of at least 4 members (excludes halogenated alkanes) is 1. The van der Waals surface area contributed by atoms with Crippen LogP contribution in [-0.2, 0) is 6.54 Å². The monoisotopic (exact) mass is 471 g/mol. The van der Waals surface area contributed by atoms with Crippen LogP contribution < -0.4 is 10.2 Å². The predicted octanol–water partition coefficient (Wildman–Crippen LogP) is 4.96. The summed E-state index contributed by atoms with van der Waals surface area (Å²) in [5.41, 5.74) is 3.72. The number of hydrogen-bond acceptors (Lipinski definition) is 6. The number of aromatic nitrogens is 4. The highest BCUT2D eigenvalue weighted by atomic mass is 16.6. The SMILES string of the molecule is CCCCNC(=O)N(Cc1ccc(-c2ccccc2-c2nnn[nH]2)cc1)c1ccccc1[N+](=O)[O-]. The van der Waals surface area contributed by atoms with E-state index in [9.17, 15) is 14.9 Å². The van der Waals surface area contributed by atoms with Gasteiger partial charge in [0.15, 0.2) is 5.82 Å². The van der Waals surface area contributed by atoms with E-state index in [4.69, 9.17) is 0 Å². The molecule has 4 aromatic rings. The van der Waals surface area contributed by atoms with E-state index >= 15 is 0 Å². The molecular weight excluding hydrogens is 446 g/mol. The summed E-state index contributed by atoms with van der Waals surface area (Å²) in [5.74, 6) is 0.566. The maximum Gasteiger partial charge on any atom is 0.322 e. The molecule has 0 saturated carbocycles. The number of nitro groups is 1. The number of hydrogen-bond donors (Lipinski definition) is 2. The molecule has 1 heterocycles. The Balaban J connectivity index is 1.63. The number of H-pyrrole nitrogens is 1. The van der Waals surface area contributed by atoms with Crippen molar-refractivity contribution in [3.05, 3.63) is 88.5 Å². The highest BCUT2D eigenvalue weighted by molar-refractivity contribution is 5.94. The molecule has 0 unspecified atom stereocenters. The van der Waals surface area contributed by atoms with Crippen LogP contribution in [0.4, 0.5) is 16.2 Å². The van der Waals surface area contributed by atoms with Gasteiger partial charge in [0.2, 0.25) is 0 Å². The number of nitrogens with one attached hydrogen (secondary N) is 2. The first kappa shape index (κ1) is 23.6. The van der Waals surface area contributed by atoms with E-state index in [0.29, 0.717) is 12.4 Å². The van der Waals surface area contributed by atoms with Gasteiger partial charge in [-0.1, -0.05) is 74.0 Å². The van der Waals surface area contributed by atoms with Gasteiger partial charge in [-0.15, -0.1) is 5.10 Å². The van der Waals surface area contributed by atoms with Crippen molar-refractivity contribution in [2.45, 2.75) is 26.3 Å². The van der Waals surface area contributed by atoms with Crippen LogP contribution in [0.1, 0.15) is 25.3 Å². The smallest absolute Gasteiger partial charge is 0.322 e. The summed E-state index contributed by atoms with van der Waals surface area (Å²) < 4.78 is 0. The summed E-state index contributed by atoms with van der Waals surface area (Å²) >= 11 is 0. The Hall–Kier alpha value is -4.60. The number of carbonyl (C=O) groups excluding carboxylic acids is 1. The van der Waals surface area contributed by atoms with Crippen molar-refractivity contribution in [2.75, 3.05) is 11.4 Å². The Bertz CT molecular complexity index is 1290. The summed E-state index contributed by atoms with van der Waals surface area (Å²) in [5, 5.41) is 28.6. The summed E-state index contributed by atoms with van der Waals surface area (Å²) in [6, 6.07) is 21.4. The van der Waals surface area contributed by atoms with Crippen molar-refractivity contribution < 1.29 is 9.72 Å². The largest absolute Gasteiger partial charge is 0.338 e. The van der Waals surface area contributed by atoms with Crippen molar-refractivity contribution in [3.8, 4) is 22.5 Å². The molecular formula is C25H25N7O3. The van der Waals surface area contributed by atoms with Crippen LogP contribution in [0.15, 0.2) is 72.8 Å². The molecule has 4 rings (SSSR count). The minimum atomic E-state index is -0.472. The second-order valence-electron chi connectivity index (χ2n) is 7.91. The summed E-state index contributed by atoms with van der Waals surface area (Å²) in [7, 11) is 0. The highest BCUT2D eigenvalue weighted by Gasteiger charge is 2.24. The maximum absolute atomic E-state index is 13.0. The Morgan fingerprint density at radius 2 is 1.74 bits per heavy atom. The number of aromatic amines is 1. The van der Waals surface area contributed by atoms with Gasteiger partial charge >= 0.3 is 6.03 Å². The minimum Gasteiger partial charge on any atom is -0.338 e. The summed E-state index contributed by atoms with van der Waals surface area (Å²) in [6.07, 6.45) is 1.75. The number of rotatable bonds is 9. The molecule has 0 saturated heterocycles. The number of nitro benzene ring substituents is 1. The minimum absolute atomic E-state index is 0.121. The number of benzene rings is 3. The molecule has 3 aromatic carbocycles. The second kappa shape index (κ2) is 11.0. The van der Waals surface area contributed by atoms with Gasteiger partial charge in [0.1, 0.15) is 5.69 Å². The van der Waals surface area contributed by atoms with Crippen LogP contribution in [-0.4, -0.2) is 38.1 Å². The van der Waals surface area contributed by atoms with Gasteiger partial charge in [-0.25, -0.2) is 9.89 Å². The van der Waals surface area contributed by atoms with Gasteiger partial charge in [-0.2, -0.15) is 0 Å². The van der Waals surface area contributed by atoms with Crippen molar-refractivity contribution in [1.29, 1.82) is 0 Å². The van der Waals surface area contributed by atoms with E-state index in [2.05, 4.69) is 25.9 Å². The fourth-order valence-corrected chi connectivity index (χ4v) is 3.77. The third-order valence-corrected chi connectivity index (χ3v) is 5.55. The molecule has 0 aliphatic heterocycles. The fraction of sp³-hybridized carbons (Fsp3) is 0.200. The number of urea groups is 1. The van der Waals surface area contributed by atoms with E-state index in [0.717, 1.165) is 35.1 Å². The van der Waals surface area contributed by atoms with Gasteiger partial charge in [-0.05, 0) is 39.6 Å². The average Bonchev–Trinajstić information content (AvgIpc) is 3.43. The summed E-state index contributed by atoms with van der Waals surface area (Å²) in [4.78, 5) is 25.6. The van der Waals surface area contributed by atoms with Crippen LogP contribution in [0.2, 0.25) is 0 Å². The topological polar surface area (TPSA) is 130 Å². The number of nitrogens with zero attached hydrogens (tertiary/aromatic N) is 5. The lowest BCUT2D eigenvalue weighted by atomic mass is 9.98. The van der Waals surface area contributed by atoms with E-state index in [-0.39, 0.29) is 24.0 Å². The van der Waals surface area contributed by atoms with Gasteiger partial charge in [0.05, 0.1) is 11.5 Å². The van der Waals surface area contributed by atoms with Gasteiger partial charge < -0.3 is 5.32 Å². The molecule has 10 heteroatoms. The van der Waals surface area contributed by atoms with E-state index in [1.54, 1.807) is 18.2 Å². The molecule has 178 valence electrons. The first-order valence-corrected chi connectivity index (χ1v) is 11.3. The van der Waals surface area contributed by atoms with Crippen molar-refractivity contribution >= 4 is 17.4 Å². The highest BCUT2D eigenvalue weighted by Crippen LogP contribution is 2.31. The zero-order valence-electron chi connectivity index (χ0n) is 19.2. The molecule has 35 heavy (non-hydrogen) atoms. The number of para-hydroxylation sites is 2. The zero-order valence-corrected chi connectivity index (χ0v) is 19.2. The lowest BCUT2D eigenvalue weighted by Gasteiger charge is -2.23. The quantitative estimate of drug-likeness (QED) is 0.202. The van der Waals surface area contributed by atoms with E-state index < -0.39 is 4.92 Å². The molecule has 0 fully saturated rings. The van der Waals surface area contributed by atoms with Gasteiger partial charge in [0, 0.05) is 18.2 Å². The molecule has 0 spiro atoms. The third kappa shape index (κ3) is 5.49. The normalized spacial score (nSPS) is 10.7. The molecule has 1 aromatic heterocycles. The Kier molecular flexibility index (Phi) is 7.41. The molecule has 0 aliphatic rings. The van der Waals surface area contributed by atoms with Crippen LogP contribution in [0, 0.1) is 10.1 Å². The number of amides is 2. The van der Waals surface area contributed by atoms with Crippen LogP contribution in [0.5, 0.6) is 0 Å². The lowest BCUT2D eigenvalue weighted by molar-refractivity contribution is -0.384. The van der Waals surface area contributed by atoms with Crippen LogP contribution >= 0.6 is 0 Å². The van der Waals surface area contributed by atoms with Crippen LogP contribution in [0.3, 0.4) is 0 Å². The van der Waals surface area contributed by atoms with Crippen molar-refractivity contribution in [1.82, 2.24) is 25.9 Å². The first-order chi connectivity index (χ1) is 17.1. The zero-order chi connectivity index (χ0) is 24.6. The molecule has 2 N–H and O–H groups in total. The molecule has 2 amide bonds. The molecule has 0 radical (unpaired) electrons. The average molecular weight is 472 g/mol. The van der Waals surface area contributed by atoms with E-state index in [1.807, 2.05) is 55.5 Å². The molecule has 0 atom stereocenters. The number of carbonyl (C=O) groups is 1. The third-order valence-electron chi connectivity index (χ3n) is 5.55. The molecule has 10 nitrogen and oxygen atoms in total. The standard InChI is InChI=1S/C25H25N7O3/c1-2-3-16-26-25(33)31(22-10-6-7-11-23(22)32(34)35)17-18-12-14-19(15-13-18)20-8-4-5-9-21(20)24-27-29-30-28-24/h4-15H,2-3,16-17H2,1H3,(H,26,33)(H,27,28,29,30). The van der Waals surface area contributed by atoms with Crippen molar-refractivity contribution in [2.24, 2.45) is 0 Å². The Morgan fingerprint density at radius 1 is 1.03 bits per heavy atom. The van der Waals surface area contributed by atoms with Gasteiger partial charge in [-0.3, -0.25) is 15.0 Å². The summed E-state index contributed by atoms with van der Waals surface area (Å²) in [6.45, 7) is 2.71. The molecule has 0 aliphatic carbocycles. The maximum atomic E-state index is 13.0. The van der Waals surface area contributed by atoms with Crippen LogP contribution in [0.25, 0.3) is 22.5 Å². The number of anilines is 1. The number of tetrazole rings is 1. The first-order valence-electron chi connectivity index (χ1n) is 11.3.